The van der Waals surface area contributed by atoms with Gasteiger partial charge in [0.1, 0.15) is 0 Å². The van der Waals surface area contributed by atoms with E-state index in [-0.39, 0.29) is 0 Å². The van der Waals surface area contributed by atoms with Gasteiger partial charge in [-0.3, -0.25) is 0 Å². The van der Waals surface area contributed by atoms with Gasteiger partial charge in [0.05, 0.1) is 25.3 Å². The first-order valence-electron chi connectivity index (χ1n) is 5.72. The van der Waals surface area contributed by atoms with E-state index >= 15 is 0 Å². The number of halogens is 1. The van der Waals surface area contributed by atoms with Gasteiger partial charge in [-0.05, 0) is 30.5 Å². The Hall–Kier alpha value is -0.970. The lowest BCUT2D eigenvalue weighted by Gasteiger charge is -2.15. The lowest BCUT2D eigenvalue weighted by atomic mass is 10.0. The number of hydrogen-bond acceptors (Lipinski definition) is 4. The van der Waals surface area contributed by atoms with Crippen molar-refractivity contribution in [3.63, 3.8) is 0 Å². The van der Waals surface area contributed by atoms with E-state index in [1.165, 1.54) is 14.2 Å². The molecule has 0 saturated heterocycles. The Bertz CT molecular complexity index is 381. The monoisotopic (exact) mass is 274 g/mol. The van der Waals surface area contributed by atoms with Crippen LogP contribution in [-0.2, 0) is 4.74 Å². The maximum absolute atomic E-state index is 10.0. The second-order valence-corrected chi connectivity index (χ2v) is 4.30. The highest BCUT2D eigenvalue weighted by Crippen LogP contribution is 2.38. The molecule has 0 amide bonds. The first-order chi connectivity index (χ1) is 8.63. The van der Waals surface area contributed by atoms with E-state index in [0.717, 1.165) is 6.42 Å². The van der Waals surface area contributed by atoms with Crippen molar-refractivity contribution in [3.8, 4) is 11.5 Å². The highest BCUT2D eigenvalue weighted by atomic mass is 35.5. The summed E-state index contributed by atoms with van der Waals surface area (Å²) in [5.41, 5.74) is 0.716. The van der Waals surface area contributed by atoms with Crippen LogP contribution < -0.4 is 9.47 Å². The summed E-state index contributed by atoms with van der Waals surface area (Å²) in [7, 11) is 4.70. The van der Waals surface area contributed by atoms with Gasteiger partial charge in [0, 0.05) is 13.7 Å². The van der Waals surface area contributed by atoms with Gasteiger partial charge >= 0.3 is 0 Å². The Morgan fingerprint density at radius 1 is 1.22 bits per heavy atom. The number of aliphatic hydroxyl groups excluding tert-OH is 1. The van der Waals surface area contributed by atoms with Gasteiger partial charge < -0.3 is 19.3 Å². The van der Waals surface area contributed by atoms with Gasteiger partial charge in [-0.2, -0.15) is 0 Å². The molecule has 0 fully saturated rings. The zero-order valence-electron chi connectivity index (χ0n) is 10.9. The maximum Gasteiger partial charge on any atom is 0.179 e. The molecule has 1 aromatic carbocycles. The van der Waals surface area contributed by atoms with Crippen LogP contribution in [0.15, 0.2) is 12.1 Å². The van der Waals surface area contributed by atoms with Crippen molar-refractivity contribution in [1.29, 1.82) is 0 Å². The van der Waals surface area contributed by atoms with E-state index in [0.29, 0.717) is 35.1 Å². The van der Waals surface area contributed by atoms with E-state index in [1.807, 2.05) is 0 Å². The first-order valence-corrected chi connectivity index (χ1v) is 6.10. The molecule has 1 rings (SSSR count). The SMILES string of the molecule is COCCCC(O)c1cc(Cl)c(OC)c(OC)c1. The number of aliphatic hydroxyl groups is 1. The number of rotatable bonds is 7. The maximum atomic E-state index is 10.0. The molecule has 0 aromatic heterocycles. The van der Waals surface area contributed by atoms with Crippen LogP contribution in [0.2, 0.25) is 5.02 Å². The van der Waals surface area contributed by atoms with E-state index in [2.05, 4.69) is 0 Å². The minimum atomic E-state index is -0.586. The van der Waals surface area contributed by atoms with Gasteiger partial charge in [0.15, 0.2) is 11.5 Å². The molecule has 0 aliphatic heterocycles. The average Bonchev–Trinajstić information content (AvgIpc) is 2.37. The van der Waals surface area contributed by atoms with Crippen molar-refractivity contribution < 1.29 is 19.3 Å². The molecular weight excluding hydrogens is 256 g/mol. The third kappa shape index (κ3) is 3.77. The lowest BCUT2D eigenvalue weighted by molar-refractivity contribution is 0.136. The molecule has 0 aliphatic rings. The van der Waals surface area contributed by atoms with Gasteiger partial charge in [-0.15, -0.1) is 0 Å². The summed E-state index contributed by atoms with van der Waals surface area (Å²) in [6.07, 6.45) is 0.806. The fourth-order valence-corrected chi connectivity index (χ4v) is 2.01. The summed E-state index contributed by atoms with van der Waals surface area (Å²) in [5.74, 6) is 0.998. The van der Waals surface area contributed by atoms with Gasteiger partial charge in [-0.25, -0.2) is 0 Å². The van der Waals surface area contributed by atoms with Crippen LogP contribution >= 0.6 is 11.6 Å². The van der Waals surface area contributed by atoms with Crippen LogP contribution in [0.4, 0.5) is 0 Å². The lowest BCUT2D eigenvalue weighted by Crippen LogP contribution is -2.01. The number of ether oxygens (including phenoxy) is 3. The molecule has 1 aromatic rings. The van der Waals surface area contributed by atoms with Gasteiger partial charge in [0.2, 0.25) is 0 Å². The molecule has 1 atom stereocenters. The van der Waals surface area contributed by atoms with E-state index in [1.54, 1.807) is 19.2 Å². The first kappa shape index (κ1) is 15.1. The van der Waals surface area contributed by atoms with Crippen molar-refractivity contribution in [3.05, 3.63) is 22.7 Å². The molecule has 0 bridgehead atoms. The van der Waals surface area contributed by atoms with Crippen LogP contribution in [0.25, 0.3) is 0 Å². The zero-order chi connectivity index (χ0) is 13.5. The smallest absolute Gasteiger partial charge is 0.179 e. The third-order valence-corrected chi connectivity index (χ3v) is 2.95. The Morgan fingerprint density at radius 3 is 2.50 bits per heavy atom. The topological polar surface area (TPSA) is 47.9 Å². The second kappa shape index (κ2) is 7.46. The Balaban J connectivity index is 2.86. The molecule has 0 spiro atoms. The highest BCUT2D eigenvalue weighted by molar-refractivity contribution is 6.32. The predicted molar refractivity (Wildman–Crippen MR) is 70.6 cm³/mol. The minimum Gasteiger partial charge on any atom is -0.493 e. The van der Waals surface area contributed by atoms with Crippen molar-refractivity contribution in [2.75, 3.05) is 27.9 Å². The molecule has 18 heavy (non-hydrogen) atoms. The quantitative estimate of drug-likeness (QED) is 0.777. The summed E-state index contributed by atoms with van der Waals surface area (Å²) >= 11 is 6.08. The summed E-state index contributed by atoms with van der Waals surface area (Å²) < 4.78 is 15.3. The molecular formula is C13H19ClO4. The van der Waals surface area contributed by atoms with E-state index in [4.69, 9.17) is 25.8 Å². The van der Waals surface area contributed by atoms with E-state index < -0.39 is 6.10 Å². The molecule has 0 aliphatic carbocycles. The van der Waals surface area contributed by atoms with Crippen molar-refractivity contribution in [2.45, 2.75) is 18.9 Å². The minimum absolute atomic E-state index is 0.428. The van der Waals surface area contributed by atoms with Crippen molar-refractivity contribution in [1.82, 2.24) is 0 Å². The largest absolute Gasteiger partial charge is 0.493 e. The second-order valence-electron chi connectivity index (χ2n) is 3.89. The predicted octanol–water partition coefficient (Wildman–Crippen LogP) is 2.82. The number of benzene rings is 1. The zero-order valence-corrected chi connectivity index (χ0v) is 11.7. The third-order valence-electron chi connectivity index (χ3n) is 2.67. The van der Waals surface area contributed by atoms with Crippen LogP contribution in [0.1, 0.15) is 24.5 Å². The van der Waals surface area contributed by atoms with Crippen LogP contribution in [0.3, 0.4) is 0 Å². The standard InChI is InChI=1S/C13H19ClO4/c1-16-6-4-5-11(15)9-7-10(14)13(18-3)12(8-9)17-2/h7-8,11,15H,4-6H2,1-3H3. The molecule has 4 nitrogen and oxygen atoms in total. The summed E-state index contributed by atoms with van der Waals surface area (Å²) in [6.45, 7) is 0.623. The Kier molecular flexibility index (Phi) is 6.25. The van der Waals surface area contributed by atoms with Crippen LogP contribution in [0.5, 0.6) is 11.5 Å². The fraction of sp³-hybridized carbons (Fsp3) is 0.538. The number of hydrogen-bond donors (Lipinski definition) is 1. The van der Waals surface area contributed by atoms with Crippen molar-refractivity contribution >= 4 is 11.6 Å². The summed E-state index contributed by atoms with van der Waals surface area (Å²) in [6, 6.07) is 3.43. The Labute approximate surface area is 112 Å². The molecule has 0 heterocycles. The Morgan fingerprint density at radius 2 is 1.94 bits per heavy atom. The fourth-order valence-electron chi connectivity index (χ4n) is 1.72. The van der Waals surface area contributed by atoms with Gasteiger partial charge in [-0.1, -0.05) is 11.6 Å². The molecule has 5 heteroatoms. The summed E-state index contributed by atoms with van der Waals surface area (Å²) in [5, 5.41) is 10.5. The van der Waals surface area contributed by atoms with Crippen LogP contribution in [0, 0.1) is 0 Å². The van der Waals surface area contributed by atoms with Crippen molar-refractivity contribution in [2.24, 2.45) is 0 Å². The molecule has 0 radical (unpaired) electrons. The molecule has 1 N–H and O–H groups in total. The number of methoxy groups -OCH3 is 3. The van der Waals surface area contributed by atoms with Gasteiger partial charge in [0.25, 0.3) is 0 Å². The highest BCUT2D eigenvalue weighted by Gasteiger charge is 2.15. The average molecular weight is 275 g/mol. The molecule has 0 saturated carbocycles. The van der Waals surface area contributed by atoms with E-state index in [9.17, 15) is 5.11 Å². The summed E-state index contributed by atoms with van der Waals surface area (Å²) in [4.78, 5) is 0. The van der Waals surface area contributed by atoms with Crippen LogP contribution in [-0.4, -0.2) is 33.0 Å². The normalized spacial score (nSPS) is 12.3. The molecule has 1 unspecified atom stereocenters. The molecule has 102 valence electrons.